The Bertz CT molecular complexity index is 278. The van der Waals surface area contributed by atoms with E-state index in [1.54, 1.807) is 0 Å². The minimum absolute atomic E-state index is 0.000324. The van der Waals surface area contributed by atoms with Gasteiger partial charge in [0.05, 0.1) is 6.04 Å². The number of rotatable bonds is 5. The summed E-state index contributed by atoms with van der Waals surface area (Å²) in [5.74, 6) is 2.85. The van der Waals surface area contributed by atoms with Crippen LogP contribution in [0.15, 0.2) is 5.16 Å². The first kappa shape index (κ1) is 14.2. The average molecular weight is 259 g/mol. The first-order valence-corrected chi connectivity index (χ1v) is 7.17. The van der Waals surface area contributed by atoms with Gasteiger partial charge in [-0.1, -0.05) is 12.1 Å². The maximum atomic E-state index is 11.8. The zero-order chi connectivity index (χ0) is 12.7. The van der Waals surface area contributed by atoms with Gasteiger partial charge in [0.1, 0.15) is 0 Å². The highest BCUT2D eigenvalue weighted by Gasteiger charge is 2.20. The summed E-state index contributed by atoms with van der Waals surface area (Å²) in [5, 5.41) is 14.3. The van der Waals surface area contributed by atoms with E-state index < -0.39 is 0 Å². The highest BCUT2D eigenvalue weighted by atomic mass is 32.2. The van der Waals surface area contributed by atoms with E-state index in [2.05, 4.69) is 10.5 Å². The van der Waals surface area contributed by atoms with Crippen molar-refractivity contribution in [2.45, 2.75) is 38.6 Å². The normalized spacial score (nSPS) is 19.9. The van der Waals surface area contributed by atoms with E-state index in [1.165, 1.54) is 0 Å². The number of oxime groups is 1. The Morgan fingerprint density at radius 3 is 2.76 bits per heavy atom. The Morgan fingerprint density at radius 1 is 1.59 bits per heavy atom. The molecule has 1 heterocycles. The molecule has 0 saturated carbocycles. The first-order chi connectivity index (χ1) is 8.17. The van der Waals surface area contributed by atoms with Gasteiger partial charge < -0.3 is 16.3 Å². The quantitative estimate of drug-likeness (QED) is 0.299. The average Bonchev–Trinajstić information content (AvgIpc) is 2.36. The Morgan fingerprint density at radius 2 is 2.24 bits per heavy atom. The van der Waals surface area contributed by atoms with Crippen LogP contribution in [0.1, 0.15) is 32.6 Å². The van der Waals surface area contributed by atoms with E-state index in [-0.39, 0.29) is 17.8 Å². The lowest BCUT2D eigenvalue weighted by atomic mass is 9.98. The molecule has 1 fully saturated rings. The number of thioether (sulfide) groups is 1. The van der Waals surface area contributed by atoms with Crippen LogP contribution in [0.5, 0.6) is 0 Å². The van der Waals surface area contributed by atoms with Crippen molar-refractivity contribution in [1.82, 2.24) is 5.32 Å². The molecule has 1 aliphatic heterocycles. The van der Waals surface area contributed by atoms with Gasteiger partial charge in [0.2, 0.25) is 5.91 Å². The van der Waals surface area contributed by atoms with E-state index in [0.717, 1.165) is 24.3 Å². The second kappa shape index (κ2) is 7.42. The van der Waals surface area contributed by atoms with Gasteiger partial charge in [-0.25, -0.2) is 0 Å². The Hall–Kier alpha value is -0.910. The number of amides is 1. The molecule has 6 heteroatoms. The fourth-order valence-corrected chi connectivity index (χ4v) is 3.12. The third-order valence-electron chi connectivity index (χ3n) is 3.03. The van der Waals surface area contributed by atoms with Crippen molar-refractivity contribution in [2.24, 2.45) is 16.8 Å². The van der Waals surface area contributed by atoms with Gasteiger partial charge in [0, 0.05) is 6.42 Å². The molecule has 5 nitrogen and oxygen atoms in total. The fourth-order valence-electron chi connectivity index (χ4n) is 1.92. The molecule has 1 unspecified atom stereocenters. The van der Waals surface area contributed by atoms with E-state index in [1.807, 2.05) is 18.7 Å². The topological polar surface area (TPSA) is 87.7 Å². The summed E-state index contributed by atoms with van der Waals surface area (Å²) >= 11 is 1.95. The molecule has 1 saturated heterocycles. The summed E-state index contributed by atoms with van der Waals surface area (Å²) < 4.78 is 0. The number of hydrogen-bond acceptors (Lipinski definition) is 4. The summed E-state index contributed by atoms with van der Waals surface area (Å²) in [6.07, 6.45) is 3.40. The Kier molecular flexibility index (Phi) is 6.18. The molecule has 1 rings (SSSR count). The molecule has 17 heavy (non-hydrogen) atoms. The van der Waals surface area contributed by atoms with Crippen LogP contribution in [0.2, 0.25) is 0 Å². The van der Waals surface area contributed by atoms with Crippen molar-refractivity contribution in [2.75, 3.05) is 11.5 Å². The number of carbonyl (C=O) groups is 1. The SMILES string of the molecule is CCC(NC(=O)CC1CCSCC1)C(N)=NO. The van der Waals surface area contributed by atoms with Crippen molar-refractivity contribution < 1.29 is 10.0 Å². The minimum Gasteiger partial charge on any atom is -0.409 e. The summed E-state index contributed by atoms with van der Waals surface area (Å²) in [4.78, 5) is 11.8. The van der Waals surface area contributed by atoms with Crippen LogP contribution < -0.4 is 11.1 Å². The third-order valence-corrected chi connectivity index (χ3v) is 4.08. The second-order valence-corrected chi connectivity index (χ2v) is 5.54. The number of nitrogens with one attached hydrogen (secondary N) is 1. The molecule has 0 aromatic rings. The van der Waals surface area contributed by atoms with E-state index in [0.29, 0.717) is 18.8 Å². The van der Waals surface area contributed by atoms with Gasteiger partial charge in [0.15, 0.2) is 5.84 Å². The van der Waals surface area contributed by atoms with Gasteiger partial charge in [-0.05, 0) is 36.7 Å². The third kappa shape index (κ3) is 4.85. The van der Waals surface area contributed by atoms with Crippen LogP contribution in [-0.2, 0) is 4.79 Å². The monoisotopic (exact) mass is 259 g/mol. The van der Waals surface area contributed by atoms with Crippen molar-refractivity contribution in [3.05, 3.63) is 0 Å². The van der Waals surface area contributed by atoms with Crippen LogP contribution in [0.3, 0.4) is 0 Å². The van der Waals surface area contributed by atoms with Gasteiger partial charge in [-0.3, -0.25) is 4.79 Å². The molecule has 0 radical (unpaired) electrons. The van der Waals surface area contributed by atoms with Gasteiger partial charge in [0.25, 0.3) is 0 Å². The lowest BCUT2D eigenvalue weighted by Crippen LogP contribution is -2.44. The molecule has 0 aliphatic carbocycles. The van der Waals surface area contributed by atoms with E-state index >= 15 is 0 Å². The molecule has 1 amide bonds. The lowest BCUT2D eigenvalue weighted by molar-refractivity contribution is -0.122. The van der Waals surface area contributed by atoms with Gasteiger partial charge >= 0.3 is 0 Å². The number of amidine groups is 1. The summed E-state index contributed by atoms with van der Waals surface area (Å²) in [7, 11) is 0. The number of nitrogens with zero attached hydrogens (tertiary/aromatic N) is 1. The van der Waals surface area contributed by atoms with Crippen LogP contribution in [0.25, 0.3) is 0 Å². The predicted molar refractivity (Wildman–Crippen MR) is 70.3 cm³/mol. The highest BCUT2D eigenvalue weighted by molar-refractivity contribution is 7.99. The molecule has 0 aromatic carbocycles. The van der Waals surface area contributed by atoms with Crippen LogP contribution in [0.4, 0.5) is 0 Å². The molecule has 98 valence electrons. The van der Waals surface area contributed by atoms with Crippen molar-refractivity contribution in [3.8, 4) is 0 Å². The maximum Gasteiger partial charge on any atom is 0.220 e. The second-order valence-electron chi connectivity index (χ2n) is 4.31. The largest absolute Gasteiger partial charge is 0.409 e. The molecule has 4 N–H and O–H groups in total. The van der Waals surface area contributed by atoms with E-state index in [4.69, 9.17) is 10.9 Å². The molecule has 0 bridgehead atoms. The zero-order valence-electron chi connectivity index (χ0n) is 10.2. The van der Waals surface area contributed by atoms with Gasteiger partial charge in [-0.2, -0.15) is 11.8 Å². The predicted octanol–water partition coefficient (Wildman–Crippen LogP) is 1.16. The standard InChI is InChI=1S/C11H21N3O2S/c1-2-9(11(12)14-16)13-10(15)7-8-3-5-17-6-4-8/h8-9,16H,2-7H2,1H3,(H2,12,14)(H,13,15). The molecule has 1 aliphatic rings. The van der Waals surface area contributed by atoms with Crippen molar-refractivity contribution >= 4 is 23.5 Å². The molecule has 0 spiro atoms. The number of hydrogen-bond donors (Lipinski definition) is 3. The number of nitrogens with two attached hydrogens (primary N) is 1. The molecular weight excluding hydrogens is 238 g/mol. The summed E-state index contributed by atoms with van der Waals surface area (Å²) in [6, 6.07) is -0.356. The van der Waals surface area contributed by atoms with Crippen LogP contribution in [-0.4, -0.2) is 34.5 Å². The van der Waals surface area contributed by atoms with E-state index in [9.17, 15) is 4.79 Å². The summed E-state index contributed by atoms with van der Waals surface area (Å²) in [5.41, 5.74) is 5.49. The first-order valence-electron chi connectivity index (χ1n) is 6.01. The molecule has 1 atom stereocenters. The van der Waals surface area contributed by atoms with Crippen LogP contribution in [0, 0.1) is 5.92 Å². The lowest BCUT2D eigenvalue weighted by Gasteiger charge is -2.22. The Labute approximate surface area is 106 Å². The Balaban J connectivity index is 2.36. The maximum absolute atomic E-state index is 11.8. The van der Waals surface area contributed by atoms with Crippen LogP contribution >= 0.6 is 11.8 Å². The molecular formula is C11H21N3O2S. The highest BCUT2D eigenvalue weighted by Crippen LogP contribution is 2.25. The zero-order valence-corrected chi connectivity index (χ0v) is 11.0. The van der Waals surface area contributed by atoms with Crippen molar-refractivity contribution in [3.63, 3.8) is 0 Å². The molecule has 0 aromatic heterocycles. The minimum atomic E-state index is -0.356. The smallest absolute Gasteiger partial charge is 0.220 e. The summed E-state index contributed by atoms with van der Waals surface area (Å²) in [6.45, 7) is 1.89. The fraction of sp³-hybridized carbons (Fsp3) is 0.818. The number of carbonyl (C=O) groups excluding carboxylic acids is 1. The van der Waals surface area contributed by atoms with Gasteiger partial charge in [-0.15, -0.1) is 0 Å². The van der Waals surface area contributed by atoms with Crippen molar-refractivity contribution in [1.29, 1.82) is 0 Å².